The third-order valence-electron chi connectivity index (χ3n) is 1.46. The number of aromatic nitrogens is 1. The fraction of sp³-hybridized carbons (Fsp3) is 0.286. The molecule has 2 rings (SSSR count). The summed E-state index contributed by atoms with van der Waals surface area (Å²) in [4.78, 5) is 3.96. The molecule has 0 spiro atoms. The molecule has 0 unspecified atom stereocenters. The topological polar surface area (TPSA) is 34.2 Å². The predicted molar refractivity (Wildman–Crippen MR) is 69.2 cm³/mol. The molecule has 0 atom stereocenters. The van der Waals surface area contributed by atoms with Crippen LogP contribution >= 0.6 is 50.9 Å². The highest BCUT2D eigenvalue weighted by atomic mass is 79.9. The Morgan fingerprint density at radius 3 is 2.77 bits per heavy atom. The highest BCUT2D eigenvalue weighted by molar-refractivity contribution is 8.93. The molecule has 1 aromatic heterocycles. The van der Waals surface area contributed by atoms with Crippen LogP contribution in [0.25, 0.3) is 0 Å². The Morgan fingerprint density at radius 2 is 2.08 bits per heavy atom. The number of rotatable bonds is 0. The Balaban J connectivity index is 0. The van der Waals surface area contributed by atoms with Crippen LogP contribution in [0.1, 0.15) is 0 Å². The summed E-state index contributed by atoms with van der Waals surface area (Å²) in [5.74, 6) is 0.904. The Labute approximate surface area is 109 Å². The number of ether oxygens (including phenoxy) is 1. The highest BCUT2D eigenvalue weighted by Crippen LogP contribution is 2.24. The summed E-state index contributed by atoms with van der Waals surface area (Å²) in [6.07, 6.45) is 3.50. The van der Waals surface area contributed by atoms with Gasteiger partial charge in [-0.1, -0.05) is 0 Å². The van der Waals surface area contributed by atoms with Gasteiger partial charge in [-0.05, 0) is 0 Å². The van der Waals surface area contributed by atoms with Gasteiger partial charge < -0.3 is 10.1 Å². The zero-order valence-electron chi connectivity index (χ0n) is 6.73. The average molecular weight is 379 g/mol. The van der Waals surface area contributed by atoms with Crippen molar-refractivity contribution in [2.24, 2.45) is 0 Å². The Morgan fingerprint density at radius 1 is 1.31 bits per heavy atom. The van der Waals surface area contributed by atoms with E-state index >= 15 is 0 Å². The third-order valence-corrected chi connectivity index (χ3v) is 1.46. The minimum atomic E-state index is 0. The van der Waals surface area contributed by atoms with Crippen LogP contribution in [-0.4, -0.2) is 18.1 Å². The monoisotopic (exact) mass is 376 g/mol. The molecule has 1 aromatic rings. The van der Waals surface area contributed by atoms with Crippen LogP contribution < -0.4 is 10.1 Å². The summed E-state index contributed by atoms with van der Waals surface area (Å²) in [7, 11) is 0. The van der Waals surface area contributed by atoms with Crippen molar-refractivity contribution >= 4 is 56.6 Å². The Kier molecular flexibility index (Phi) is 9.13. The second-order valence-corrected chi connectivity index (χ2v) is 2.15. The van der Waals surface area contributed by atoms with E-state index in [1.165, 1.54) is 0 Å². The smallest absolute Gasteiger partial charge is 0.145 e. The van der Waals surface area contributed by atoms with Crippen LogP contribution in [0.3, 0.4) is 0 Å². The lowest BCUT2D eigenvalue weighted by molar-refractivity contribution is 0.323. The van der Waals surface area contributed by atoms with Gasteiger partial charge in [0.05, 0.1) is 11.9 Å². The maximum absolute atomic E-state index is 5.32. The molecule has 0 bridgehead atoms. The van der Waals surface area contributed by atoms with Gasteiger partial charge in [-0.15, -0.1) is 50.9 Å². The first-order chi connectivity index (χ1) is 4.97. The summed E-state index contributed by atoms with van der Waals surface area (Å²) in [5.41, 5.74) is 0.994. The molecule has 3 nitrogen and oxygen atoms in total. The van der Waals surface area contributed by atoms with E-state index in [4.69, 9.17) is 4.74 Å². The van der Waals surface area contributed by atoms with Gasteiger partial charge in [0.15, 0.2) is 0 Å². The van der Waals surface area contributed by atoms with Crippen molar-refractivity contribution < 1.29 is 4.74 Å². The first-order valence-corrected chi connectivity index (χ1v) is 3.27. The van der Waals surface area contributed by atoms with Crippen molar-refractivity contribution in [2.75, 3.05) is 18.5 Å². The van der Waals surface area contributed by atoms with Crippen molar-refractivity contribution in [3.63, 3.8) is 0 Å². The number of pyridine rings is 1. The minimum Gasteiger partial charge on any atom is -0.489 e. The van der Waals surface area contributed by atoms with E-state index in [2.05, 4.69) is 10.3 Å². The average Bonchev–Trinajstić information content (AvgIpc) is 2.05. The lowest BCUT2D eigenvalue weighted by atomic mass is 10.3. The minimum absolute atomic E-state index is 0. The number of anilines is 1. The molecule has 0 fully saturated rings. The van der Waals surface area contributed by atoms with E-state index in [1.807, 2.05) is 6.07 Å². The number of nitrogens with zero attached hydrogens (tertiary/aromatic N) is 1. The van der Waals surface area contributed by atoms with Gasteiger partial charge in [0, 0.05) is 18.8 Å². The van der Waals surface area contributed by atoms with Crippen molar-refractivity contribution in [3.05, 3.63) is 18.5 Å². The Hall–Kier alpha value is 0.190. The van der Waals surface area contributed by atoms with E-state index in [0.29, 0.717) is 0 Å². The summed E-state index contributed by atoms with van der Waals surface area (Å²) in [6, 6.07) is 1.86. The second kappa shape index (κ2) is 7.58. The SMILES string of the molecule is Br.Br.Br.c1cc2c(cn1)NCCO2. The van der Waals surface area contributed by atoms with Gasteiger partial charge in [0.25, 0.3) is 0 Å². The van der Waals surface area contributed by atoms with Crippen LogP contribution in [0.2, 0.25) is 0 Å². The highest BCUT2D eigenvalue weighted by Gasteiger charge is 2.06. The fourth-order valence-corrected chi connectivity index (χ4v) is 0.987. The summed E-state index contributed by atoms with van der Waals surface area (Å²) in [5, 5.41) is 3.18. The van der Waals surface area contributed by atoms with Gasteiger partial charge in [0.1, 0.15) is 12.4 Å². The maximum atomic E-state index is 5.32. The zero-order chi connectivity index (χ0) is 6.81. The van der Waals surface area contributed by atoms with Crippen molar-refractivity contribution in [2.45, 2.75) is 0 Å². The molecule has 0 radical (unpaired) electrons. The molecular formula is C7H11Br3N2O. The molecule has 6 heteroatoms. The van der Waals surface area contributed by atoms with Crippen LogP contribution in [-0.2, 0) is 0 Å². The van der Waals surface area contributed by atoms with Gasteiger partial charge >= 0.3 is 0 Å². The van der Waals surface area contributed by atoms with Crippen LogP contribution in [0.4, 0.5) is 5.69 Å². The van der Waals surface area contributed by atoms with Gasteiger partial charge in [-0.3, -0.25) is 4.98 Å². The normalized spacial score (nSPS) is 11.4. The largest absolute Gasteiger partial charge is 0.489 e. The molecule has 76 valence electrons. The van der Waals surface area contributed by atoms with E-state index in [9.17, 15) is 0 Å². The maximum Gasteiger partial charge on any atom is 0.145 e. The summed E-state index contributed by atoms with van der Waals surface area (Å²) in [6.45, 7) is 1.62. The summed E-state index contributed by atoms with van der Waals surface area (Å²) < 4.78 is 5.32. The zero-order valence-corrected chi connectivity index (χ0v) is 11.9. The first-order valence-electron chi connectivity index (χ1n) is 3.27. The molecule has 0 saturated heterocycles. The van der Waals surface area contributed by atoms with E-state index < -0.39 is 0 Å². The van der Waals surface area contributed by atoms with Crippen LogP contribution in [0.5, 0.6) is 5.75 Å². The van der Waals surface area contributed by atoms with Crippen LogP contribution in [0, 0.1) is 0 Å². The predicted octanol–water partition coefficient (Wildman–Crippen LogP) is 2.62. The molecule has 1 aliphatic heterocycles. The number of hydrogen-bond donors (Lipinski definition) is 1. The lowest BCUT2D eigenvalue weighted by Crippen LogP contribution is -2.17. The summed E-state index contributed by atoms with van der Waals surface area (Å²) >= 11 is 0. The molecule has 13 heavy (non-hydrogen) atoms. The van der Waals surface area contributed by atoms with E-state index in [-0.39, 0.29) is 50.9 Å². The number of fused-ring (bicyclic) bond motifs is 1. The quantitative estimate of drug-likeness (QED) is 0.753. The van der Waals surface area contributed by atoms with Crippen molar-refractivity contribution in [1.82, 2.24) is 4.98 Å². The van der Waals surface area contributed by atoms with E-state index in [1.54, 1.807) is 12.4 Å². The van der Waals surface area contributed by atoms with Crippen molar-refractivity contribution in [3.8, 4) is 5.75 Å². The molecule has 1 aliphatic rings. The number of halogens is 3. The van der Waals surface area contributed by atoms with Gasteiger partial charge in [-0.2, -0.15) is 0 Å². The Bertz CT molecular complexity index is 222. The van der Waals surface area contributed by atoms with E-state index in [0.717, 1.165) is 24.6 Å². The molecular weight excluding hydrogens is 368 g/mol. The van der Waals surface area contributed by atoms with Gasteiger partial charge in [-0.25, -0.2) is 0 Å². The molecule has 2 heterocycles. The third kappa shape index (κ3) is 3.83. The lowest BCUT2D eigenvalue weighted by Gasteiger charge is -2.17. The number of hydrogen-bond acceptors (Lipinski definition) is 3. The molecule has 1 N–H and O–H groups in total. The molecule has 0 aromatic carbocycles. The standard InChI is InChI=1S/C7H8N2O.3BrH/c1-2-8-5-6-7(1)10-4-3-9-6;;;/h1-2,5,9H,3-4H2;3*1H. The van der Waals surface area contributed by atoms with Crippen molar-refractivity contribution in [1.29, 1.82) is 0 Å². The first kappa shape index (κ1) is 15.7. The van der Waals surface area contributed by atoms with Crippen LogP contribution in [0.15, 0.2) is 18.5 Å². The van der Waals surface area contributed by atoms with Gasteiger partial charge in [0.2, 0.25) is 0 Å². The molecule has 0 amide bonds. The molecule has 0 saturated carbocycles. The molecule has 0 aliphatic carbocycles. The number of nitrogens with one attached hydrogen (secondary N) is 1. The second-order valence-electron chi connectivity index (χ2n) is 2.15. The fourth-order valence-electron chi connectivity index (χ4n) is 0.987.